The van der Waals surface area contributed by atoms with Gasteiger partial charge in [-0.15, -0.1) is 0 Å². The van der Waals surface area contributed by atoms with Crippen LogP contribution in [-0.4, -0.2) is 45.7 Å². The zero-order valence-corrected chi connectivity index (χ0v) is 14.6. The molecule has 6 nitrogen and oxygen atoms in total. The van der Waals surface area contributed by atoms with Gasteiger partial charge >= 0.3 is 6.09 Å². The van der Waals surface area contributed by atoms with Crippen LogP contribution in [0.25, 0.3) is 0 Å². The molecule has 2 rings (SSSR count). The number of likely N-dealkylation sites (tertiary alicyclic amines) is 1. The Bertz CT molecular complexity index is 501. The molecule has 0 radical (unpaired) electrons. The topological polar surface area (TPSA) is 67.4 Å². The predicted molar refractivity (Wildman–Crippen MR) is 88.9 cm³/mol. The number of alkyl carbamates (subject to hydrolysis) is 1. The van der Waals surface area contributed by atoms with Crippen molar-refractivity contribution in [2.45, 2.75) is 58.7 Å². The number of hydrogen-bond donors (Lipinski definition) is 1. The molecule has 1 N–H and O–H groups in total. The molecule has 1 aliphatic rings. The molecule has 1 amide bonds. The molecule has 23 heavy (non-hydrogen) atoms. The summed E-state index contributed by atoms with van der Waals surface area (Å²) in [5.41, 5.74) is -0.472. The van der Waals surface area contributed by atoms with Crippen molar-refractivity contribution >= 4 is 6.09 Å². The first-order valence-electron chi connectivity index (χ1n) is 8.32. The smallest absolute Gasteiger partial charge is 0.407 e. The second kappa shape index (κ2) is 7.73. The lowest BCUT2D eigenvalue weighted by Gasteiger charge is -2.39. The lowest BCUT2D eigenvalue weighted by Crippen LogP contribution is -2.50. The minimum absolute atomic E-state index is 0.278. The highest BCUT2D eigenvalue weighted by Gasteiger charge is 2.29. The number of piperidine rings is 1. The molecule has 0 bridgehead atoms. The molecular weight excluding hydrogens is 292 g/mol. The fourth-order valence-electron chi connectivity index (χ4n) is 2.96. The molecule has 1 saturated heterocycles. The molecule has 6 heteroatoms. The molecular formula is C17H28N4O2. The Balaban J connectivity index is 1.93. The van der Waals surface area contributed by atoms with Crippen LogP contribution in [0.15, 0.2) is 18.5 Å². The van der Waals surface area contributed by atoms with E-state index in [4.69, 9.17) is 4.74 Å². The van der Waals surface area contributed by atoms with E-state index in [1.807, 2.05) is 26.8 Å². The summed E-state index contributed by atoms with van der Waals surface area (Å²) in [6, 6.07) is 2.10. The van der Waals surface area contributed by atoms with Gasteiger partial charge in [-0.2, -0.15) is 0 Å². The van der Waals surface area contributed by atoms with Gasteiger partial charge in [-0.3, -0.25) is 4.90 Å². The lowest BCUT2D eigenvalue weighted by molar-refractivity contribution is 0.0454. The Morgan fingerprint density at radius 3 is 2.74 bits per heavy atom. The zero-order chi connectivity index (χ0) is 16.9. The highest BCUT2D eigenvalue weighted by atomic mass is 16.6. The van der Waals surface area contributed by atoms with Gasteiger partial charge in [0.25, 0.3) is 0 Å². The van der Waals surface area contributed by atoms with Crippen molar-refractivity contribution in [2.24, 2.45) is 5.92 Å². The van der Waals surface area contributed by atoms with Crippen LogP contribution in [0.3, 0.4) is 0 Å². The third-order valence-corrected chi connectivity index (χ3v) is 4.05. The number of nitrogens with one attached hydrogen (secondary N) is 1. The quantitative estimate of drug-likeness (QED) is 0.923. The summed E-state index contributed by atoms with van der Waals surface area (Å²) in [7, 11) is 0. The van der Waals surface area contributed by atoms with E-state index >= 15 is 0 Å². The van der Waals surface area contributed by atoms with Gasteiger partial charge in [0, 0.05) is 25.0 Å². The van der Waals surface area contributed by atoms with Crippen molar-refractivity contribution in [2.75, 3.05) is 13.1 Å². The first-order valence-corrected chi connectivity index (χ1v) is 8.32. The molecule has 1 aromatic heterocycles. The molecule has 0 aliphatic carbocycles. The van der Waals surface area contributed by atoms with E-state index in [2.05, 4.69) is 27.1 Å². The van der Waals surface area contributed by atoms with Crippen LogP contribution in [0.4, 0.5) is 4.79 Å². The van der Waals surface area contributed by atoms with E-state index in [-0.39, 0.29) is 12.1 Å². The average Bonchev–Trinajstić information content (AvgIpc) is 2.46. The highest BCUT2D eigenvalue weighted by Crippen LogP contribution is 2.24. The van der Waals surface area contributed by atoms with E-state index in [1.165, 1.54) is 6.42 Å². The van der Waals surface area contributed by atoms with E-state index in [1.54, 1.807) is 12.4 Å². The molecule has 2 atom stereocenters. The molecule has 0 spiro atoms. The summed E-state index contributed by atoms with van der Waals surface area (Å²) >= 11 is 0. The van der Waals surface area contributed by atoms with Gasteiger partial charge in [0.15, 0.2) is 0 Å². The Kier molecular flexibility index (Phi) is 5.93. The average molecular weight is 320 g/mol. The SMILES string of the molecule is C[C@@H]1CCCN(Cc2ncccn2)[C@@H]1CNC(=O)OC(C)(C)C. The van der Waals surface area contributed by atoms with E-state index in [0.29, 0.717) is 19.0 Å². The van der Waals surface area contributed by atoms with Crippen LogP contribution in [0, 0.1) is 5.92 Å². The summed E-state index contributed by atoms with van der Waals surface area (Å²) < 4.78 is 5.32. The molecule has 128 valence electrons. The summed E-state index contributed by atoms with van der Waals surface area (Å²) in [6.45, 7) is 10.1. The normalized spacial score (nSPS) is 22.6. The van der Waals surface area contributed by atoms with Gasteiger partial charge < -0.3 is 10.1 Å². The number of nitrogens with zero attached hydrogens (tertiary/aromatic N) is 3. The van der Waals surface area contributed by atoms with Crippen molar-refractivity contribution in [1.82, 2.24) is 20.2 Å². The van der Waals surface area contributed by atoms with Crippen LogP contribution in [0.1, 0.15) is 46.4 Å². The number of hydrogen-bond acceptors (Lipinski definition) is 5. The van der Waals surface area contributed by atoms with Crippen molar-refractivity contribution in [3.8, 4) is 0 Å². The Morgan fingerprint density at radius 1 is 1.39 bits per heavy atom. The van der Waals surface area contributed by atoms with Gasteiger partial charge in [0.1, 0.15) is 11.4 Å². The fraction of sp³-hybridized carbons (Fsp3) is 0.706. The molecule has 1 fully saturated rings. The third-order valence-electron chi connectivity index (χ3n) is 4.05. The first-order chi connectivity index (χ1) is 10.8. The van der Waals surface area contributed by atoms with Crippen LogP contribution in [-0.2, 0) is 11.3 Å². The summed E-state index contributed by atoms with van der Waals surface area (Å²) in [4.78, 5) is 22.9. The maximum Gasteiger partial charge on any atom is 0.407 e. The largest absolute Gasteiger partial charge is 0.444 e. The number of rotatable bonds is 4. The second-order valence-electron chi connectivity index (χ2n) is 7.21. The van der Waals surface area contributed by atoms with Gasteiger partial charge in [-0.05, 0) is 52.1 Å². The Morgan fingerprint density at radius 2 is 2.09 bits per heavy atom. The van der Waals surface area contributed by atoms with Crippen LogP contribution in [0.5, 0.6) is 0 Å². The van der Waals surface area contributed by atoms with Crippen LogP contribution < -0.4 is 5.32 Å². The lowest BCUT2D eigenvalue weighted by atomic mass is 9.90. The molecule has 0 aromatic carbocycles. The Labute approximate surface area is 138 Å². The maximum absolute atomic E-state index is 11.9. The molecule has 0 saturated carbocycles. The summed E-state index contributed by atoms with van der Waals surface area (Å²) in [5, 5.41) is 2.91. The van der Waals surface area contributed by atoms with Crippen LogP contribution >= 0.6 is 0 Å². The van der Waals surface area contributed by atoms with Gasteiger partial charge in [0.05, 0.1) is 6.54 Å². The summed E-state index contributed by atoms with van der Waals surface area (Å²) in [5.74, 6) is 1.34. The minimum Gasteiger partial charge on any atom is -0.444 e. The maximum atomic E-state index is 11.9. The molecule has 1 aliphatic heterocycles. The monoisotopic (exact) mass is 320 g/mol. The van der Waals surface area contributed by atoms with Gasteiger partial charge in [-0.25, -0.2) is 14.8 Å². The number of carbonyl (C=O) groups is 1. The van der Waals surface area contributed by atoms with Crippen molar-refractivity contribution in [3.05, 3.63) is 24.3 Å². The number of ether oxygens (including phenoxy) is 1. The third kappa shape index (κ3) is 5.78. The Hall–Kier alpha value is -1.69. The predicted octanol–water partition coefficient (Wildman–Crippen LogP) is 2.60. The number of carbonyl (C=O) groups excluding carboxylic acids is 1. The minimum atomic E-state index is -0.472. The van der Waals surface area contributed by atoms with E-state index in [0.717, 1.165) is 18.8 Å². The fourth-order valence-corrected chi connectivity index (χ4v) is 2.96. The van der Waals surface area contributed by atoms with Crippen LogP contribution in [0.2, 0.25) is 0 Å². The number of aromatic nitrogens is 2. The first kappa shape index (κ1) is 17.7. The molecule has 2 heterocycles. The summed E-state index contributed by atoms with van der Waals surface area (Å²) in [6.07, 6.45) is 5.52. The van der Waals surface area contributed by atoms with Crippen molar-refractivity contribution in [1.29, 1.82) is 0 Å². The zero-order valence-electron chi connectivity index (χ0n) is 14.6. The second-order valence-corrected chi connectivity index (χ2v) is 7.21. The van der Waals surface area contributed by atoms with Crippen molar-refractivity contribution < 1.29 is 9.53 Å². The highest BCUT2D eigenvalue weighted by molar-refractivity contribution is 5.67. The van der Waals surface area contributed by atoms with Gasteiger partial charge in [-0.1, -0.05) is 6.92 Å². The number of amides is 1. The molecule has 0 unspecified atom stereocenters. The van der Waals surface area contributed by atoms with E-state index < -0.39 is 5.60 Å². The van der Waals surface area contributed by atoms with Crippen molar-refractivity contribution in [3.63, 3.8) is 0 Å². The standard InChI is InChI=1S/C17H28N4O2/c1-13-7-5-10-21(12-15-18-8-6-9-19-15)14(13)11-20-16(22)23-17(2,3)4/h6,8-9,13-14H,5,7,10-12H2,1-4H3,(H,20,22)/t13-,14-/m1/s1. The van der Waals surface area contributed by atoms with Gasteiger partial charge in [0.2, 0.25) is 0 Å². The molecule has 1 aromatic rings. The van der Waals surface area contributed by atoms with E-state index in [9.17, 15) is 4.79 Å².